The molecule has 5 nitrogen and oxygen atoms in total. The van der Waals surface area contributed by atoms with Gasteiger partial charge in [0, 0.05) is 11.3 Å². The minimum absolute atomic E-state index is 0.211. The largest absolute Gasteiger partial charge is 0.486 e. The molecule has 136 valence electrons. The van der Waals surface area contributed by atoms with Crippen LogP contribution < -0.4 is 9.47 Å². The monoisotopic (exact) mass is 372 g/mol. The second kappa shape index (κ2) is 8.76. The predicted octanol–water partition coefficient (Wildman–Crippen LogP) is 3.43. The van der Waals surface area contributed by atoms with Crippen LogP contribution in [0.1, 0.15) is 21.5 Å². The van der Waals surface area contributed by atoms with Gasteiger partial charge in [0.15, 0.2) is 23.9 Å². The molecule has 0 N–H and O–H groups in total. The molecule has 1 heterocycles. The Bertz CT molecular complexity index is 785. The van der Waals surface area contributed by atoms with Gasteiger partial charge in [-0.05, 0) is 30.7 Å². The fraction of sp³-hybridized carbons (Fsp3) is 0.300. The molecule has 6 heteroatoms. The Kier molecular flexibility index (Phi) is 6.17. The van der Waals surface area contributed by atoms with Gasteiger partial charge in [-0.3, -0.25) is 9.59 Å². The molecule has 0 aromatic heterocycles. The van der Waals surface area contributed by atoms with Crippen molar-refractivity contribution >= 4 is 23.5 Å². The van der Waals surface area contributed by atoms with Crippen LogP contribution in [0.2, 0.25) is 0 Å². The van der Waals surface area contributed by atoms with Gasteiger partial charge >= 0.3 is 5.97 Å². The van der Waals surface area contributed by atoms with Crippen LogP contribution in [-0.2, 0) is 15.3 Å². The topological polar surface area (TPSA) is 61.8 Å². The number of ketones is 1. The Morgan fingerprint density at radius 1 is 1.04 bits per heavy atom. The van der Waals surface area contributed by atoms with E-state index in [9.17, 15) is 9.59 Å². The van der Waals surface area contributed by atoms with Gasteiger partial charge in [0.25, 0.3) is 0 Å². The van der Waals surface area contributed by atoms with Crippen molar-refractivity contribution in [1.82, 2.24) is 0 Å². The lowest BCUT2D eigenvalue weighted by molar-refractivity contribution is -0.139. The van der Waals surface area contributed by atoms with Gasteiger partial charge in [-0.2, -0.15) is 0 Å². The molecule has 0 radical (unpaired) electrons. The Balaban J connectivity index is 1.42. The van der Waals surface area contributed by atoms with E-state index in [1.165, 1.54) is 17.3 Å². The summed E-state index contributed by atoms with van der Waals surface area (Å²) in [4.78, 5) is 24.0. The summed E-state index contributed by atoms with van der Waals surface area (Å²) in [5.41, 5.74) is 2.80. The average molecular weight is 372 g/mol. The molecule has 0 bridgehead atoms. The summed E-state index contributed by atoms with van der Waals surface area (Å²) in [7, 11) is 0. The molecule has 0 fully saturated rings. The van der Waals surface area contributed by atoms with Gasteiger partial charge < -0.3 is 14.2 Å². The number of hydrogen-bond donors (Lipinski definition) is 0. The van der Waals surface area contributed by atoms with Crippen molar-refractivity contribution in [1.29, 1.82) is 0 Å². The first-order chi connectivity index (χ1) is 12.6. The summed E-state index contributed by atoms with van der Waals surface area (Å²) >= 11 is 1.46. The molecule has 0 saturated heterocycles. The summed E-state index contributed by atoms with van der Waals surface area (Å²) in [6.07, 6.45) is 0. The zero-order valence-electron chi connectivity index (χ0n) is 14.5. The van der Waals surface area contributed by atoms with Crippen molar-refractivity contribution in [2.75, 3.05) is 25.6 Å². The molecule has 26 heavy (non-hydrogen) atoms. The van der Waals surface area contributed by atoms with Crippen LogP contribution in [0.15, 0.2) is 42.5 Å². The second-order valence-corrected chi connectivity index (χ2v) is 6.91. The average Bonchev–Trinajstić information content (AvgIpc) is 2.67. The van der Waals surface area contributed by atoms with Crippen LogP contribution in [-0.4, -0.2) is 37.3 Å². The number of aryl methyl sites for hydroxylation is 1. The van der Waals surface area contributed by atoms with E-state index in [2.05, 4.69) is 0 Å². The molecule has 3 rings (SSSR count). The maximum Gasteiger partial charge on any atom is 0.316 e. The van der Waals surface area contributed by atoms with Crippen molar-refractivity contribution in [3.05, 3.63) is 59.2 Å². The van der Waals surface area contributed by atoms with Crippen LogP contribution in [0.25, 0.3) is 0 Å². The van der Waals surface area contributed by atoms with E-state index >= 15 is 0 Å². The highest BCUT2D eigenvalue weighted by Crippen LogP contribution is 2.30. The second-order valence-electron chi connectivity index (χ2n) is 5.92. The number of esters is 1. The first-order valence-electron chi connectivity index (χ1n) is 8.33. The van der Waals surface area contributed by atoms with Gasteiger partial charge in [-0.1, -0.05) is 29.8 Å². The third-order valence-corrected chi connectivity index (χ3v) is 4.81. The lowest BCUT2D eigenvalue weighted by atomic mass is 10.1. The Labute approximate surface area is 156 Å². The fourth-order valence-corrected chi connectivity index (χ4v) is 3.20. The van der Waals surface area contributed by atoms with Crippen molar-refractivity contribution < 1.29 is 23.8 Å². The quantitative estimate of drug-likeness (QED) is 0.548. The number of hydrogen-bond acceptors (Lipinski definition) is 6. The van der Waals surface area contributed by atoms with Crippen molar-refractivity contribution in [3.63, 3.8) is 0 Å². The lowest BCUT2D eigenvalue weighted by Gasteiger charge is -2.18. The van der Waals surface area contributed by atoms with Gasteiger partial charge in [0.05, 0.1) is 5.75 Å². The van der Waals surface area contributed by atoms with E-state index in [-0.39, 0.29) is 18.1 Å². The summed E-state index contributed by atoms with van der Waals surface area (Å²) in [5.74, 6) is 1.44. The van der Waals surface area contributed by atoms with Gasteiger partial charge in [-0.15, -0.1) is 11.8 Å². The van der Waals surface area contributed by atoms with E-state index in [0.29, 0.717) is 30.3 Å². The normalized spacial score (nSPS) is 12.5. The van der Waals surface area contributed by atoms with Crippen molar-refractivity contribution in [2.24, 2.45) is 0 Å². The smallest absolute Gasteiger partial charge is 0.316 e. The molecule has 2 aromatic carbocycles. The zero-order chi connectivity index (χ0) is 18.4. The molecule has 1 aliphatic rings. The number of thioether (sulfide) groups is 1. The highest BCUT2D eigenvalue weighted by Gasteiger charge is 2.16. The van der Waals surface area contributed by atoms with Crippen LogP contribution in [0.3, 0.4) is 0 Å². The SMILES string of the molecule is Cc1ccc(CSCC(=O)OCC(=O)c2ccc3c(c2)OCCO3)cc1. The molecular weight excluding hydrogens is 352 g/mol. The third kappa shape index (κ3) is 5.02. The number of carbonyl (C=O) groups excluding carboxylic acids is 2. The minimum atomic E-state index is -0.395. The zero-order valence-corrected chi connectivity index (χ0v) is 15.3. The Morgan fingerprint density at radius 3 is 2.54 bits per heavy atom. The minimum Gasteiger partial charge on any atom is -0.486 e. The molecule has 2 aromatic rings. The van der Waals surface area contributed by atoms with Crippen LogP contribution in [0, 0.1) is 6.92 Å². The number of carbonyl (C=O) groups is 2. The highest BCUT2D eigenvalue weighted by atomic mass is 32.2. The van der Waals surface area contributed by atoms with Crippen LogP contribution in [0.5, 0.6) is 11.5 Å². The molecule has 0 unspecified atom stereocenters. The summed E-state index contributed by atoms with van der Waals surface area (Å²) < 4.78 is 16.0. The molecule has 0 aliphatic carbocycles. The van der Waals surface area contributed by atoms with E-state index < -0.39 is 5.97 Å². The van der Waals surface area contributed by atoms with Crippen molar-refractivity contribution in [2.45, 2.75) is 12.7 Å². The Morgan fingerprint density at radius 2 is 1.77 bits per heavy atom. The summed E-state index contributed by atoms with van der Waals surface area (Å²) in [5, 5.41) is 0. The first-order valence-corrected chi connectivity index (χ1v) is 9.49. The number of Topliss-reactive ketones (excluding diaryl/α,β-unsaturated/α-hetero) is 1. The molecule has 1 aliphatic heterocycles. The van der Waals surface area contributed by atoms with Crippen LogP contribution in [0.4, 0.5) is 0 Å². The predicted molar refractivity (Wildman–Crippen MR) is 100 cm³/mol. The summed E-state index contributed by atoms with van der Waals surface area (Å²) in [6.45, 7) is 2.71. The maximum absolute atomic E-state index is 12.2. The molecule has 0 atom stereocenters. The van der Waals surface area contributed by atoms with Gasteiger partial charge in [0.2, 0.25) is 0 Å². The van der Waals surface area contributed by atoms with Gasteiger partial charge in [0.1, 0.15) is 13.2 Å². The van der Waals surface area contributed by atoms with Gasteiger partial charge in [-0.25, -0.2) is 0 Å². The van der Waals surface area contributed by atoms with E-state index in [4.69, 9.17) is 14.2 Å². The lowest BCUT2D eigenvalue weighted by Crippen LogP contribution is -2.18. The number of fused-ring (bicyclic) bond motifs is 1. The highest BCUT2D eigenvalue weighted by molar-refractivity contribution is 7.99. The number of benzene rings is 2. The number of ether oxygens (including phenoxy) is 3. The standard InChI is InChI=1S/C20H20O5S/c1-14-2-4-15(5-3-14)12-26-13-20(22)25-11-17(21)16-6-7-18-19(10-16)24-9-8-23-18/h2-7,10H,8-9,11-13H2,1H3. The molecular formula is C20H20O5S. The number of rotatable bonds is 7. The third-order valence-electron chi connectivity index (χ3n) is 3.84. The van der Waals surface area contributed by atoms with E-state index in [1.54, 1.807) is 18.2 Å². The molecule has 0 amide bonds. The van der Waals surface area contributed by atoms with E-state index in [0.717, 1.165) is 11.3 Å². The van der Waals surface area contributed by atoms with Crippen molar-refractivity contribution in [3.8, 4) is 11.5 Å². The molecule has 0 saturated carbocycles. The Hall–Kier alpha value is -2.47. The van der Waals surface area contributed by atoms with Crippen LogP contribution >= 0.6 is 11.8 Å². The molecule has 0 spiro atoms. The maximum atomic E-state index is 12.2. The fourth-order valence-electron chi connectivity index (χ4n) is 2.42. The first kappa shape index (κ1) is 18.3. The van der Waals surface area contributed by atoms with E-state index in [1.807, 2.05) is 31.2 Å². The summed E-state index contributed by atoms with van der Waals surface area (Å²) in [6, 6.07) is 13.1.